The molecule has 0 aliphatic carbocycles. The fourth-order valence-electron chi connectivity index (χ4n) is 2.75. The zero-order chi connectivity index (χ0) is 16.8. The van der Waals surface area contributed by atoms with Gasteiger partial charge >= 0.3 is 0 Å². The average Bonchev–Trinajstić information content (AvgIpc) is 2.63. The molecule has 3 rings (SSSR count). The number of ether oxygens (including phenoxy) is 1. The molecule has 5 heteroatoms. The van der Waals surface area contributed by atoms with E-state index in [0.717, 1.165) is 48.8 Å². The summed E-state index contributed by atoms with van der Waals surface area (Å²) >= 11 is 0. The van der Waals surface area contributed by atoms with Gasteiger partial charge in [0.25, 0.3) is 0 Å². The van der Waals surface area contributed by atoms with Gasteiger partial charge in [-0.3, -0.25) is 4.79 Å². The molecule has 0 atom stereocenters. The Morgan fingerprint density at radius 3 is 2.71 bits per heavy atom. The number of anilines is 1. The quantitative estimate of drug-likeness (QED) is 0.914. The molecular weight excluding hydrogens is 302 g/mol. The van der Waals surface area contributed by atoms with E-state index in [4.69, 9.17) is 4.74 Å². The van der Waals surface area contributed by atoms with Crippen molar-refractivity contribution in [2.24, 2.45) is 0 Å². The van der Waals surface area contributed by atoms with Crippen molar-refractivity contribution < 1.29 is 9.53 Å². The van der Waals surface area contributed by atoms with E-state index in [1.807, 2.05) is 49.5 Å². The molecule has 1 aliphatic rings. The minimum atomic E-state index is 0.0292. The highest BCUT2D eigenvalue weighted by Crippen LogP contribution is 2.13. The van der Waals surface area contributed by atoms with Gasteiger partial charge in [0, 0.05) is 25.8 Å². The van der Waals surface area contributed by atoms with Gasteiger partial charge < -0.3 is 15.0 Å². The van der Waals surface area contributed by atoms with Crippen LogP contribution in [-0.4, -0.2) is 37.2 Å². The predicted octanol–water partition coefficient (Wildman–Crippen LogP) is 2.09. The Hall–Kier alpha value is -2.40. The van der Waals surface area contributed by atoms with E-state index in [1.54, 1.807) is 0 Å². The maximum atomic E-state index is 12.1. The van der Waals surface area contributed by atoms with Crippen LogP contribution in [0.3, 0.4) is 0 Å². The number of aromatic nitrogens is 1. The van der Waals surface area contributed by atoms with Crippen LogP contribution >= 0.6 is 0 Å². The van der Waals surface area contributed by atoms with Crippen molar-refractivity contribution in [2.45, 2.75) is 19.9 Å². The second-order valence-corrected chi connectivity index (χ2v) is 6.00. The number of aryl methyl sites for hydroxylation is 1. The Morgan fingerprint density at radius 2 is 2.00 bits per heavy atom. The zero-order valence-corrected chi connectivity index (χ0v) is 14.0. The molecule has 0 bridgehead atoms. The first-order valence-electron chi connectivity index (χ1n) is 8.31. The number of hydrogen-bond donors (Lipinski definition) is 1. The third kappa shape index (κ3) is 4.32. The van der Waals surface area contributed by atoms with Crippen molar-refractivity contribution in [3.05, 3.63) is 59.3 Å². The molecule has 0 spiro atoms. The Kier molecular flexibility index (Phi) is 5.43. The van der Waals surface area contributed by atoms with Gasteiger partial charge in [0.2, 0.25) is 5.91 Å². The fraction of sp³-hybridized carbons (Fsp3) is 0.368. The average molecular weight is 325 g/mol. The van der Waals surface area contributed by atoms with Crippen LogP contribution in [-0.2, 0) is 22.5 Å². The largest absolute Gasteiger partial charge is 0.378 e. The molecule has 0 radical (unpaired) electrons. The minimum Gasteiger partial charge on any atom is -0.378 e. The topological polar surface area (TPSA) is 54.5 Å². The summed E-state index contributed by atoms with van der Waals surface area (Å²) in [5, 5.41) is 2.96. The van der Waals surface area contributed by atoms with Gasteiger partial charge in [-0.05, 0) is 29.7 Å². The maximum Gasteiger partial charge on any atom is 0.224 e. The maximum absolute atomic E-state index is 12.1. The number of carbonyl (C=O) groups excluding carboxylic acids is 1. The summed E-state index contributed by atoms with van der Waals surface area (Å²) < 4.78 is 5.35. The Labute approximate surface area is 142 Å². The Balaban J connectivity index is 1.51. The lowest BCUT2D eigenvalue weighted by molar-refractivity contribution is -0.120. The number of morpholine rings is 1. The number of amides is 1. The van der Waals surface area contributed by atoms with Gasteiger partial charge in [-0.1, -0.05) is 30.3 Å². The Morgan fingerprint density at radius 1 is 1.21 bits per heavy atom. The van der Waals surface area contributed by atoms with Crippen molar-refractivity contribution >= 4 is 11.7 Å². The lowest BCUT2D eigenvalue weighted by atomic mass is 10.1. The molecular formula is C19H23N3O2. The highest BCUT2D eigenvalue weighted by atomic mass is 16.5. The van der Waals surface area contributed by atoms with E-state index in [-0.39, 0.29) is 5.91 Å². The number of hydrogen-bond acceptors (Lipinski definition) is 4. The third-order valence-corrected chi connectivity index (χ3v) is 4.25. The molecule has 2 heterocycles. The first-order valence-corrected chi connectivity index (χ1v) is 8.31. The van der Waals surface area contributed by atoms with Gasteiger partial charge in [0.1, 0.15) is 5.82 Å². The van der Waals surface area contributed by atoms with Crippen molar-refractivity contribution in [1.82, 2.24) is 10.3 Å². The highest BCUT2D eigenvalue weighted by Gasteiger charge is 2.12. The molecule has 1 aromatic heterocycles. The number of benzene rings is 1. The minimum absolute atomic E-state index is 0.0292. The van der Waals surface area contributed by atoms with Crippen molar-refractivity contribution in [1.29, 1.82) is 0 Å². The Bertz CT molecular complexity index is 679. The van der Waals surface area contributed by atoms with Crippen LogP contribution < -0.4 is 10.2 Å². The van der Waals surface area contributed by atoms with Gasteiger partial charge in [0.15, 0.2) is 0 Å². The summed E-state index contributed by atoms with van der Waals surface area (Å²) in [5.74, 6) is 0.995. The zero-order valence-electron chi connectivity index (χ0n) is 14.0. The van der Waals surface area contributed by atoms with Crippen LogP contribution in [0.25, 0.3) is 0 Å². The van der Waals surface area contributed by atoms with Crippen LogP contribution in [0.4, 0.5) is 5.82 Å². The summed E-state index contributed by atoms with van der Waals surface area (Å²) in [7, 11) is 0. The monoisotopic (exact) mass is 325 g/mol. The summed E-state index contributed by atoms with van der Waals surface area (Å²) in [6.45, 7) is 5.77. The first kappa shape index (κ1) is 16.5. The molecule has 1 aromatic carbocycles. The van der Waals surface area contributed by atoms with Crippen molar-refractivity contribution in [3.8, 4) is 0 Å². The van der Waals surface area contributed by atoms with Gasteiger partial charge in [-0.15, -0.1) is 0 Å². The van der Waals surface area contributed by atoms with E-state index >= 15 is 0 Å². The molecule has 24 heavy (non-hydrogen) atoms. The molecule has 2 aromatic rings. The van der Waals surface area contributed by atoms with Crippen LogP contribution in [0.1, 0.15) is 16.7 Å². The predicted molar refractivity (Wildman–Crippen MR) is 94.0 cm³/mol. The molecule has 1 fully saturated rings. The molecule has 0 unspecified atom stereocenters. The van der Waals surface area contributed by atoms with Gasteiger partial charge in [-0.25, -0.2) is 4.98 Å². The van der Waals surface area contributed by atoms with Gasteiger partial charge in [0.05, 0.1) is 19.6 Å². The third-order valence-electron chi connectivity index (χ3n) is 4.25. The molecule has 126 valence electrons. The second-order valence-electron chi connectivity index (χ2n) is 6.00. The van der Waals surface area contributed by atoms with Crippen LogP contribution in [0, 0.1) is 6.92 Å². The molecule has 1 N–H and O–H groups in total. The molecule has 0 saturated carbocycles. The lowest BCUT2D eigenvalue weighted by Gasteiger charge is -2.27. The number of nitrogens with one attached hydrogen (secondary N) is 1. The van der Waals surface area contributed by atoms with E-state index in [9.17, 15) is 4.79 Å². The number of carbonyl (C=O) groups is 1. The molecule has 5 nitrogen and oxygen atoms in total. The summed E-state index contributed by atoms with van der Waals surface area (Å²) in [6, 6.07) is 12.0. The molecule has 1 amide bonds. The van der Waals surface area contributed by atoms with E-state index in [2.05, 4.69) is 15.2 Å². The van der Waals surface area contributed by atoms with E-state index in [1.165, 1.54) is 0 Å². The summed E-state index contributed by atoms with van der Waals surface area (Å²) in [6.07, 6.45) is 2.24. The molecule has 1 saturated heterocycles. The van der Waals surface area contributed by atoms with Crippen molar-refractivity contribution in [3.63, 3.8) is 0 Å². The number of pyridine rings is 1. The first-order chi connectivity index (χ1) is 11.7. The van der Waals surface area contributed by atoms with Crippen LogP contribution in [0.2, 0.25) is 0 Å². The van der Waals surface area contributed by atoms with E-state index < -0.39 is 0 Å². The normalized spacial score (nSPS) is 14.5. The number of rotatable bonds is 5. The van der Waals surface area contributed by atoms with E-state index in [0.29, 0.717) is 13.0 Å². The lowest BCUT2D eigenvalue weighted by Crippen LogP contribution is -2.36. The smallest absolute Gasteiger partial charge is 0.224 e. The second kappa shape index (κ2) is 7.93. The highest BCUT2D eigenvalue weighted by molar-refractivity contribution is 5.78. The number of nitrogens with zero attached hydrogens (tertiary/aromatic N) is 2. The summed E-state index contributed by atoms with van der Waals surface area (Å²) in [5.41, 5.74) is 3.21. The fourth-order valence-corrected chi connectivity index (χ4v) is 2.75. The molecule has 1 aliphatic heterocycles. The van der Waals surface area contributed by atoms with Gasteiger partial charge in [-0.2, -0.15) is 0 Å². The van der Waals surface area contributed by atoms with Crippen LogP contribution in [0.5, 0.6) is 0 Å². The summed E-state index contributed by atoms with van der Waals surface area (Å²) in [4.78, 5) is 18.8. The SMILES string of the molecule is Cc1ccccc1CC(=O)NCc1ccc(N2CCOCC2)nc1. The van der Waals surface area contributed by atoms with Crippen LogP contribution in [0.15, 0.2) is 42.6 Å². The van der Waals surface area contributed by atoms with Crippen molar-refractivity contribution in [2.75, 3.05) is 31.2 Å². The standard InChI is InChI=1S/C19H23N3O2/c1-15-4-2-3-5-17(15)12-19(23)21-14-16-6-7-18(20-13-16)22-8-10-24-11-9-22/h2-7,13H,8-12,14H2,1H3,(H,21,23).